The van der Waals surface area contributed by atoms with Crippen LogP contribution in [0.5, 0.6) is 0 Å². The molecule has 1 amide bonds. The molecular weight excluding hydrogens is 264 g/mol. The highest BCUT2D eigenvalue weighted by atomic mass is 16.2. The van der Waals surface area contributed by atoms with E-state index in [2.05, 4.69) is 10.6 Å². The second kappa shape index (κ2) is 7.36. The van der Waals surface area contributed by atoms with Gasteiger partial charge in [0.25, 0.3) is 0 Å². The zero-order valence-corrected chi connectivity index (χ0v) is 12.8. The predicted octanol–water partition coefficient (Wildman–Crippen LogP) is 3.14. The Labute approximate surface area is 126 Å². The number of anilines is 1. The lowest BCUT2D eigenvalue weighted by Gasteiger charge is -2.26. The molecule has 0 radical (unpaired) electrons. The number of amides is 1. The molecule has 2 rings (SSSR count). The fraction of sp³-hybridized carbons (Fsp3) is 0.529. The Morgan fingerprint density at radius 2 is 1.71 bits per heavy atom. The fourth-order valence-electron chi connectivity index (χ4n) is 2.74. The van der Waals surface area contributed by atoms with Crippen molar-refractivity contribution in [1.82, 2.24) is 5.32 Å². The van der Waals surface area contributed by atoms with Gasteiger partial charge >= 0.3 is 0 Å². The maximum Gasteiger partial charge on any atom is 0.241 e. The van der Waals surface area contributed by atoms with Gasteiger partial charge in [-0.15, -0.1) is 0 Å². The molecule has 0 aliphatic heterocycles. The Morgan fingerprint density at radius 3 is 2.29 bits per heavy atom. The number of Topliss-reactive ketones (excluding diaryl/α,β-unsaturated/α-hetero) is 1. The van der Waals surface area contributed by atoms with Crippen molar-refractivity contribution in [3.8, 4) is 0 Å². The van der Waals surface area contributed by atoms with Crippen molar-refractivity contribution in [2.75, 3.05) is 5.32 Å². The van der Waals surface area contributed by atoms with Crippen LogP contribution in [0.25, 0.3) is 0 Å². The topological polar surface area (TPSA) is 58.2 Å². The van der Waals surface area contributed by atoms with Crippen molar-refractivity contribution >= 4 is 17.4 Å². The van der Waals surface area contributed by atoms with Crippen LogP contribution in [0.15, 0.2) is 24.3 Å². The van der Waals surface area contributed by atoms with Gasteiger partial charge in [0.05, 0.1) is 6.04 Å². The Morgan fingerprint density at radius 1 is 1.10 bits per heavy atom. The molecule has 114 valence electrons. The van der Waals surface area contributed by atoms with E-state index in [1.165, 1.54) is 26.2 Å². The molecule has 1 aromatic rings. The van der Waals surface area contributed by atoms with E-state index in [0.29, 0.717) is 11.6 Å². The largest absolute Gasteiger partial charge is 0.325 e. The van der Waals surface area contributed by atoms with E-state index >= 15 is 0 Å². The molecule has 4 heteroatoms. The number of carbonyl (C=O) groups excluding carboxylic acids is 2. The minimum absolute atomic E-state index is 0.0280. The molecule has 1 aromatic carbocycles. The molecular formula is C17H24N2O2. The van der Waals surface area contributed by atoms with Crippen LogP contribution in [0, 0.1) is 0 Å². The van der Waals surface area contributed by atoms with E-state index in [-0.39, 0.29) is 17.7 Å². The molecule has 0 spiro atoms. The highest BCUT2D eigenvalue weighted by Crippen LogP contribution is 2.18. The van der Waals surface area contributed by atoms with Gasteiger partial charge in [-0.25, -0.2) is 0 Å². The second-order valence-corrected chi connectivity index (χ2v) is 5.85. The summed E-state index contributed by atoms with van der Waals surface area (Å²) >= 11 is 0. The van der Waals surface area contributed by atoms with Crippen molar-refractivity contribution < 1.29 is 9.59 Å². The monoisotopic (exact) mass is 288 g/mol. The summed E-state index contributed by atoms with van der Waals surface area (Å²) in [5, 5.41) is 6.29. The fourth-order valence-corrected chi connectivity index (χ4v) is 2.74. The van der Waals surface area contributed by atoms with E-state index < -0.39 is 0 Å². The van der Waals surface area contributed by atoms with Crippen LogP contribution in [0.1, 0.15) is 56.3 Å². The Hall–Kier alpha value is -1.68. The number of rotatable bonds is 5. The van der Waals surface area contributed by atoms with Crippen LogP contribution >= 0.6 is 0 Å². The first-order valence-electron chi connectivity index (χ1n) is 7.74. The van der Waals surface area contributed by atoms with Crippen molar-refractivity contribution in [3.05, 3.63) is 29.8 Å². The maximum absolute atomic E-state index is 12.2. The second-order valence-electron chi connectivity index (χ2n) is 5.85. The van der Waals surface area contributed by atoms with Crippen LogP contribution in [-0.2, 0) is 4.79 Å². The summed E-state index contributed by atoms with van der Waals surface area (Å²) in [6, 6.07) is 7.25. The van der Waals surface area contributed by atoms with Gasteiger partial charge in [0.15, 0.2) is 5.78 Å². The molecule has 1 fully saturated rings. The minimum atomic E-state index is -0.208. The van der Waals surface area contributed by atoms with Crippen LogP contribution in [0.2, 0.25) is 0 Å². The first-order valence-corrected chi connectivity index (χ1v) is 7.74. The molecule has 0 unspecified atom stereocenters. The third-order valence-electron chi connectivity index (χ3n) is 4.04. The average Bonchev–Trinajstić information content (AvgIpc) is 2.48. The molecule has 0 saturated heterocycles. The third-order valence-corrected chi connectivity index (χ3v) is 4.04. The van der Waals surface area contributed by atoms with Gasteiger partial charge in [-0.1, -0.05) is 19.3 Å². The summed E-state index contributed by atoms with van der Waals surface area (Å²) in [6.45, 7) is 3.43. The van der Waals surface area contributed by atoms with Gasteiger partial charge in [-0.05, 0) is 51.0 Å². The number of nitrogens with one attached hydrogen (secondary N) is 2. The third kappa shape index (κ3) is 4.67. The standard InChI is InChI=1S/C17H24N2O2/c1-12(18-15-6-4-3-5-7-15)17(21)19-16-10-8-14(9-11-16)13(2)20/h8-12,15,18H,3-7H2,1-2H3,(H,19,21)/t12-/m0/s1. The number of hydrogen-bond acceptors (Lipinski definition) is 3. The lowest BCUT2D eigenvalue weighted by atomic mass is 9.95. The smallest absolute Gasteiger partial charge is 0.241 e. The first kappa shape index (κ1) is 15.7. The summed E-state index contributed by atoms with van der Waals surface area (Å²) in [6.07, 6.45) is 6.12. The van der Waals surface area contributed by atoms with Gasteiger partial charge in [0.1, 0.15) is 0 Å². The lowest BCUT2D eigenvalue weighted by Crippen LogP contribution is -2.44. The molecule has 1 aliphatic carbocycles. The van der Waals surface area contributed by atoms with Gasteiger partial charge in [-0.2, -0.15) is 0 Å². The summed E-state index contributed by atoms with van der Waals surface area (Å²) in [4.78, 5) is 23.4. The molecule has 2 N–H and O–H groups in total. The highest BCUT2D eigenvalue weighted by molar-refractivity contribution is 5.96. The van der Waals surface area contributed by atoms with E-state index in [9.17, 15) is 9.59 Å². The quantitative estimate of drug-likeness (QED) is 0.818. The minimum Gasteiger partial charge on any atom is -0.325 e. The van der Waals surface area contributed by atoms with Gasteiger partial charge in [0, 0.05) is 17.3 Å². The van der Waals surface area contributed by atoms with Crippen molar-refractivity contribution in [3.63, 3.8) is 0 Å². The average molecular weight is 288 g/mol. The number of ketones is 1. The zero-order chi connectivity index (χ0) is 15.2. The molecule has 0 aromatic heterocycles. The molecule has 1 aliphatic rings. The summed E-state index contributed by atoms with van der Waals surface area (Å²) < 4.78 is 0. The van der Waals surface area contributed by atoms with E-state index in [0.717, 1.165) is 18.5 Å². The molecule has 0 heterocycles. The number of benzene rings is 1. The number of hydrogen-bond donors (Lipinski definition) is 2. The normalized spacial score (nSPS) is 17.2. The van der Waals surface area contributed by atoms with Crippen LogP contribution in [0.3, 0.4) is 0 Å². The van der Waals surface area contributed by atoms with Crippen molar-refractivity contribution in [1.29, 1.82) is 0 Å². The van der Waals surface area contributed by atoms with Gasteiger partial charge in [-0.3, -0.25) is 9.59 Å². The summed E-state index contributed by atoms with van der Waals surface area (Å²) in [5.74, 6) is -0.00337. The Balaban J connectivity index is 1.86. The molecule has 1 atom stereocenters. The molecule has 4 nitrogen and oxygen atoms in total. The van der Waals surface area contributed by atoms with E-state index in [1.54, 1.807) is 24.3 Å². The SMILES string of the molecule is CC(=O)c1ccc(NC(=O)[C@H](C)NC2CCCCC2)cc1. The maximum atomic E-state index is 12.2. The predicted molar refractivity (Wildman–Crippen MR) is 84.5 cm³/mol. The molecule has 21 heavy (non-hydrogen) atoms. The van der Waals surface area contributed by atoms with Gasteiger partial charge < -0.3 is 10.6 Å². The van der Waals surface area contributed by atoms with Crippen molar-refractivity contribution in [2.24, 2.45) is 0 Å². The molecule has 0 bridgehead atoms. The van der Waals surface area contributed by atoms with Gasteiger partial charge in [0.2, 0.25) is 5.91 Å². The van der Waals surface area contributed by atoms with Crippen LogP contribution in [0.4, 0.5) is 5.69 Å². The summed E-state index contributed by atoms with van der Waals surface area (Å²) in [7, 11) is 0. The number of carbonyl (C=O) groups is 2. The van der Waals surface area contributed by atoms with E-state index in [1.807, 2.05) is 6.92 Å². The van der Waals surface area contributed by atoms with Crippen LogP contribution in [-0.4, -0.2) is 23.8 Å². The Bertz CT molecular complexity index is 490. The first-order chi connectivity index (χ1) is 10.1. The Kier molecular flexibility index (Phi) is 5.51. The van der Waals surface area contributed by atoms with E-state index in [4.69, 9.17) is 0 Å². The molecule has 1 saturated carbocycles. The summed E-state index contributed by atoms with van der Waals surface area (Å²) in [5.41, 5.74) is 1.38. The van der Waals surface area contributed by atoms with Crippen molar-refractivity contribution in [2.45, 2.75) is 58.0 Å². The zero-order valence-electron chi connectivity index (χ0n) is 12.8. The lowest BCUT2D eigenvalue weighted by molar-refractivity contribution is -0.118. The highest BCUT2D eigenvalue weighted by Gasteiger charge is 2.19. The van der Waals surface area contributed by atoms with Crippen LogP contribution < -0.4 is 10.6 Å².